The minimum atomic E-state index is -4.52. The summed E-state index contributed by atoms with van der Waals surface area (Å²) in [5.74, 6) is 0.141. The number of ether oxygens (including phenoxy) is 1. The zero-order valence-electron chi connectivity index (χ0n) is 19.8. The molecule has 0 saturated carbocycles. The van der Waals surface area contributed by atoms with Crippen molar-refractivity contribution in [3.63, 3.8) is 0 Å². The van der Waals surface area contributed by atoms with Crippen molar-refractivity contribution in [2.75, 3.05) is 13.1 Å². The number of benzene rings is 3. The molecule has 192 valence electrons. The molecule has 1 N–H and O–H groups in total. The molecule has 0 bridgehead atoms. The lowest BCUT2D eigenvalue weighted by molar-refractivity contribution is -0.384. The van der Waals surface area contributed by atoms with E-state index in [9.17, 15) is 28.1 Å². The summed E-state index contributed by atoms with van der Waals surface area (Å²) in [6.45, 7) is 3.88. The number of carbonyl (C=O) groups is 1. The van der Waals surface area contributed by atoms with Gasteiger partial charge in [-0.1, -0.05) is 31.2 Å². The van der Waals surface area contributed by atoms with Crippen LogP contribution < -0.4 is 10.1 Å². The molecule has 1 heterocycles. The first-order chi connectivity index (χ1) is 17.7. The van der Waals surface area contributed by atoms with Gasteiger partial charge in [0.05, 0.1) is 10.5 Å². The predicted molar refractivity (Wildman–Crippen MR) is 137 cm³/mol. The lowest BCUT2D eigenvalue weighted by Crippen LogP contribution is -2.14. The number of nitrogens with one attached hydrogen (secondary N) is 1. The first-order valence-electron chi connectivity index (χ1n) is 11.6. The van der Waals surface area contributed by atoms with Gasteiger partial charge in [0.2, 0.25) is 5.78 Å². The third-order valence-corrected chi connectivity index (χ3v) is 6.86. The van der Waals surface area contributed by atoms with Gasteiger partial charge < -0.3 is 10.1 Å². The number of nitro groups is 1. The molecule has 0 atom stereocenters. The predicted octanol–water partition coefficient (Wildman–Crippen LogP) is 7.39. The number of aryl methyl sites for hydroxylation is 1. The second kappa shape index (κ2) is 11.1. The van der Waals surface area contributed by atoms with Crippen LogP contribution in [-0.4, -0.2) is 23.8 Å². The fourth-order valence-corrected chi connectivity index (χ4v) is 4.93. The molecule has 0 aliphatic rings. The van der Waals surface area contributed by atoms with E-state index in [2.05, 4.69) is 12.2 Å². The number of rotatable bonds is 10. The highest BCUT2D eigenvalue weighted by atomic mass is 32.1. The number of nitro benzene ring substituents is 1. The first-order valence-corrected chi connectivity index (χ1v) is 12.4. The molecule has 0 spiro atoms. The number of carbonyl (C=O) groups excluding carboxylic acids is 1. The second-order valence-corrected chi connectivity index (χ2v) is 9.36. The minimum absolute atomic E-state index is 0.0509. The Kier molecular flexibility index (Phi) is 7.89. The van der Waals surface area contributed by atoms with Crippen molar-refractivity contribution in [2.24, 2.45) is 0 Å². The zero-order valence-corrected chi connectivity index (χ0v) is 20.6. The van der Waals surface area contributed by atoms with Crippen molar-refractivity contribution in [1.82, 2.24) is 5.32 Å². The Bertz CT molecular complexity index is 1410. The van der Waals surface area contributed by atoms with Gasteiger partial charge in [0.1, 0.15) is 10.6 Å². The Morgan fingerprint density at radius 1 is 1.05 bits per heavy atom. The maximum absolute atomic E-state index is 13.3. The van der Waals surface area contributed by atoms with Crippen LogP contribution in [0, 0.1) is 10.1 Å². The van der Waals surface area contributed by atoms with Crippen LogP contribution in [-0.2, 0) is 12.6 Å². The molecule has 0 aliphatic heterocycles. The maximum atomic E-state index is 13.3. The second-order valence-electron chi connectivity index (χ2n) is 8.31. The summed E-state index contributed by atoms with van der Waals surface area (Å²) in [4.78, 5) is 24.2. The molecule has 3 aromatic carbocycles. The van der Waals surface area contributed by atoms with Crippen molar-refractivity contribution in [2.45, 2.75) is 25.9 Å². The van der Waals surface area contributed by atoms with Crippen LogP contribution in [0.1, 0.15) is 39.7 Å². The lowest BCUT2D eigenvalue weighted by atomic mass is 10.1. The third kappa shape index (κ3) is 6.15. The quantitative estimate of drug-likeness (QED) is 0.100. The van der Waals surface area contributed by atoms with Gasteiger partial charge >= 0.3 is 6.18 Å². The van der Waals surface area contributed by atoms with Gasteiger partial charge in [-0.3, -0.25) is 14.9 Å². The Morgan fingerprint density at radius 3 is 2.38 bits per heavy atom. The van der Waals surface area contributed by atoms with Crippen molar-refractivity contribution in [3.05, 3.63) is 98.4 Å². The Morgan fingerprint density at radius 2 is 1.76 bits per heavy atom. The van der Waals surface area contributed by atoms with Crippen molar-refractivity contribution in [3.8, 4) is 11.5 Å². The smallest absolute Gasteiger partial charge is 0.416 e. The van der Waals surface area contributed by atoms with Gasteiger partial charge in [0, 0.05) is 27.8 Å². The summed E-state index contributed by atoms with van der Waals surface area (Å²) in [5.41, 5.74) is 0.167. The molecule has 37 heavy (non-hydrogen) atoms. The van der Waals surface area contributed by atoms with Gasteiger partial charge in [-0.25, -0.2) is 0 Å². The normalized spacial score (nSPS) is 11.6. The van der Waals surface area contributed by atoms with Crippen LogP contribution in [0.4, 0.5) is 18.9 Å². The number of hydrogen-bond donors (Lipinski definition) is 1. The molecule has 0 amide bonds. The average molecular weight is 529 g/mol. The van der Waals surface area contributed by atoms with E-state index in [0.29, 0.717) is 15.8 Å². The van der Waals surface area contributed by atoms with E-state index >= 15 is 0 Å². The number of alkyl halides is 3. The molecule has 0 unspecified atom stereocenters. The molecule has 0 radical (unpaired) electrons. The number of fused-ring (bicyclic) bond motifs is 1. The van der Waals surface area contributed by atoms with E-state index in [1.807, 2.05) is 12.1 Å². The first kappa shape index (κ1) is 26.3. The SMILES string of the molecule is CCNCCCc1ccc(Oc2c(C(=O)c3ccc(C(F)(F)F)cc3)sc3cc([N+](=O)[O-])ccc23)cc1. The molecule has 4 rings (SSSR count). The molecule has 10 heteroatoms. The number of nitrogens with zero attached hydrogens (tertiary/aromatic N) is 1. The van der Waals surface area contributed by atoms with E-state index in [1.165, 1.54) is 18.2 Å². The monoisotopic (exact) mass is 528 g/mol. The fourth-order valence-electron chi connectivity index (χ4n) is 3.80. The molecule has 0 aliphatic carbocycles. The average Bonchev–Trinajstić information content (AvgIpc) is 3.24. The van der Waals surface area contributed by atoms with Crippen LogP contribution in [0.2, 0.25) is 0 Å². The molecule has 4 aromatic rings. The molecule has 0 fully saturated rings. The summed E-state index contributed by atoms with van der Waals surface area (Å²) in [7, 11) is 0. The van der Waals surface area contributed by atoms with Gasteiger partial charge in [0.25, 0.3) is 5.69 Å². The van der Waals surface area contributed by atoms with Crippen LogP contribution >= 0.6 is 11.3 Å². The standard InChI is InChI=1S/C27H23F3N2O4S/c1-2-31-15-3-4-17-5-12-21(13-6-17)36-25-22-14-11-20(32(34)35)16-23(22)37-26(25)24(33)18-7-9-19(10-8-18)27(28,29)30/h5-14,16,31H,2-4,15H2,1H3. The lowest BCUT2D eigenvalue weighted by Gasteiger charge is -2.10. The molecule has 6 nitrogen and oxygen atoms in total. The largest absolute Gasteiger partial charge is 0.455 e. The topological polar surface area (TPSA) is 81.5 Å². The summed E-state index contributed by atoms with van der Waals surface area (Å²) < 4.78 is 45.5. The van der Waals surface area contributed by atoms with Gasteiger partial charge in [0.15, 0.2) is 5.75 Å². The van der Waals surface area contributed by atoms with E-state index in [0.717, 1.165) is 67.1 Å². The number of thiophene rings is 1. The van der Waals surface area contributed by atoms with Gasteiger partial charge in [-0.15, -0.1) is 11.3 Å². The summed E-state index contributed by atoms with van der Waals surface area (Å²) in [5, 5.41) is 15.0. The van der Waals surface area contributed by atoms with Crippen molar-refractivity contribution >= 4 is 32.9 Å². The minimum Gasteiger partial charge on any atom is -0.455 e. The van der Waals surface area contributed by atoms with Crippen molar-refractivity contribution in [1.29, 1.82) is 0 Å². The van der Waals surface area contributed by atoms with E-state index < -0.39 is 22.4 Å². The maximum Gasteiger partial charge on any atom is 0.416 e. The third-order valence-electron chi connectivity index (χ3n) is 5.73. The van der Waals surface area contributed by atoms with E-state index in [1.54, 1.807) is 12.1 Å². The van der Waals surface area contributed by atoms with Crippen molar-refractivity contribution < 1.29 is 27.6 Å². The van der Waals surface area contributed by atoms with Gasteiger partial charge in [-0.2, -0.15) is 13.2 Å². The number of ketones is 1. The number of hydrogen-bond acceptors (Lipinski definition) is 6. The van der Waals surface area contributed by atoms with Crippen LogP contribution in [0.15, 0.2) is 66.7 Å². The molecule has 1 aromatic heterocycles. The zero-order chi connectivity index (χ0) is 26.6. The summed E-state index contributed by atoms with van der Waals surface area (Å²) >= 11 is 0.998. The fraction of sp³-hybridized carbons (Fsp3) is 0.222. The van der Waals surface area contributed by atoms with Crippen LogP contribution in [0.5, 0.6) is 11.5 Å². The Hall–Kier alpha value is -3.76. The Balaban J connectivity index is 1.67. The van der Waals surface area contributed by atoms with E-state index in [-0.39, 0.29) is 21.9 Å². The van der Waals surface area contributed by atoms with E-state index in [4.69, 9.17) is 4.74 Å². The number of non-ortho nitro benzene ring substituents is 1. The van der Waals surface area contributed by atoms with Crippen LogP contribution in [0.25, 0.3) is 10.1 Å². The molecule has 0 saturated heterocycles. The Labute approximate surface area is 214 Å². The summed E-state index contributed by atoms with van der Waals surface area (Å²) in [6.07, 6.45) is -2.66. The highest BCUT2D eigenvalue weighted by Crippen LogP contribution is 2.43. The summed E-state index contributed by atoms with van der Waals surface area (Å²) in [6, 6.07) is 15.5. The highest BCUT2D eigenvalue weighted by molar-refractivity contribution is 7.21. The molecular formula is C27H23F3N2O4S. The molecular weight excluding hydrogens is 505 g/mol. The van der Waals surface area contributed by atoms with Gasteiger partial charge in [-0.05, 0) is 61.8 Å². The highest BCUT2D eigenvalue weighted by Gasteiger charge is 2.31. The number of halogens is 3. The van der Waals surface area contributed by atoms with Crippen LogP contribution in [0.3, 0.4) is 0 Å².